The standard InChI is InChI=1S/C12H14N4O3S/c1-7-6-8(10(15-7)11(17)18)16-12(19)14-3-2-9-13-4-5-20-9/h4-6,15H,2-3H2,1H3,(H,17,18)(H2,14,16,19). The number of carboxylic acid groups (broad SMARTS) is 1. The Kier molecular flexibility index (Phi) is 4.36. The fourth-order valence-corrected chi connectivity index (χ4v) is 2.30. The third-order valence-electron chi connectivity index (χ3n) is 2.52. The highest BCUT2D eigenvalue weighted by Gasteiger charge is 2.15. The molecule has 0 aliphatic carbocycles. The molecule has 0 aliphatic rings. The van der Waals surface area contributed by atoms with Gasteiger partial charge in [0.15, 0.2) is 0 Å². The molecule has 2 aromatic rings. The number of aryl methyl sites for hydroxylation is 1. The summed E-state index contributed by atoms with van der Waals surface area (Å²) < 4.78 is 0. The van der Waals surface area contributed by atoms with Crippen LogP contribution in [0.4, 0.5) is 10.5 Å². The van der Waals surface area contributed by atoms with Gasteiger partial charge in [0, 0.05) is 30.2 Å². The minimum atomic E-state index is -1.11. The first-order valence-electron chi connectivity index (χ1n) is 5.92. The van der Waals surface area contributed by atoms with Gasteiger partial charge in [0.25, 0.3) is 0 Å². The lowest BCUT2D eigenvalue weighted by Gasteiger charge is -2.06. The summed E-state index contributed by atoms with van der Waals surface area (Å²) in [6, 6.07) is 1.13. The van der Waals surface area contributed by atoms with Gasteiger partial charge in [0.2, 0.25) is 0 Å². The number of urea groups is 1. The van der Waals surface area contributed by atoms with E-state index in [1.165, 1.54) is 11.3 Å². The van der Waals surface area contributed by atoms with Crippen LogP contribution in [0.3, 0.4) is 0 Å². The van der Waals surface area contributed by atoms with Gasteiger partial charge in [-0.05, 0) is 13.0 Å². The lowest BCUT2D eigenvalue weighted by molar-refractivity contribution is 0.0692. The summed E-state index contributed by atoms with van der Waals surface area (Å²) in [6.45, 7) is 2.16. The number of aromatic carboxylic acids is 1. The second kappa shape index (κ2) is 6.20. The molecule has 0 saturated heterocycles. The Bertz CT molecular complexity index is 606. The third-order valence-corrected chi connectivity index (χ3v) is 3.36. The maximum Gasteiger partial charge on any atom is 0.354 e. The van der Waals surface area contributed by atoms with Crippen LogP contribution in [0, 0.1) is 6.92 Å². The molecule has 0 radical (unpaired) electrons. The maximum absolute atomic E-state index is 11.7. The second-order valence-corrected chi connectivity index (χ2v) is 5.08. The van der Waals surface area contributed by atoms with Crippen molar-refractivity contribution in [2.24, 2.45) is 0 Å². The molecule has 106 valence electrons. The van der Waals surface area contributed by atoms with E-state index in [2.05, 4.69) is 20.6 Å². The Morgan fingerprint density at radius 2 is 2.30 bits per heavy atom. The molecular weight excluding hydrogens is 280 g/mol. The van der Waals surface area contributed by atoms with Gasteiger partial charge in [-0.25, -0.2) is 14.6 Å². The predicted molar refractivity (Wildman–Crippen MR) is 75.3 cm³/mol. The number of rotatable bonds is 5. The van der Waals surface area contributed by atoms with Gasteiger partial charge >= 0.3 is 12.0 Å². The average Bonchev–Trinajstić information content (AvgIpc) is 2.99. The second-order valence-electron chi connectivity index (χ2n) is 4.10. The molecule has 0 saturated carbocycles. The van der Waals surface area contributed by atoms with Gasteiger partial charge in [-0.1, -0.05) is 0 Å². The zero-order chi connectivity index (χ0) is 14.5. The Balaban J connectivity index is 1.86. The van der Waals surface area contributed by atoms with E-state index in [1.807, 2.05) is 5.38 Å². The lowest BCUT2D eigenvalue weighted by Crippen LogP contribution is -2.30. The number of nitrogens with zero attached hydrogens (tertiary/aromatic N) is 1. The number of amides is 2. The van der Waals surface area contributed by atoms with Crippen molar-refractivity contribution < 1.29 is 14.7 Å². The van der Waals surface area contributed by atoms with E-state index in [-0.39, 0.29) is 11.4 Å². The summed E-state index contributed by atoms with van der Waals surface area (Å²) in [5, 5.41) is 17.0. The smallest absolute Gasteiger partial charge is 0.354 e. The molecule has 0 spiro atoms. The first kappa shape index (κ1) is 14.1. The fraction of sp³-hybridized carbons (Fsp3) is 0.250. The van der Waals surface area contributed by atoms with Crippen LogP contribution < -0.4 is 10.6 Å². The number of carbonyl (C=O) groups is 2. The minimum Gasteiger partial charge on any atom is -0.477 e. The number of nitrogens with one attached hydrogen (secondary N) is 3. The first-order valence-corrected chi connectivity index (χ1v) is 6.80. The van der Waals surface area contributed by atoms with Crippen molar-refractivity contribution in [1.82, 2.24) is 15.3 Å². The summed E-state index contributed by atoms with van der Waals surface area (Å²) >= 11 is 1.52. The Morgan fingerprint density at radius 1 is 1.50 bits per heavy atom. The number of aromatic amines is 1. The largest absolute Gasteiger partial charge is 0.477 e. The van der Waals surface area contributed by atoms with Crippen LogP contribution in [0.5, 0.6) is 0 Å². The summed E-state index contributed by atoms with van der Waals surface area (Å²) in [5.41, 5.74) is 0.889. The van der Waals surface area contributed by atoms with Gasteiger partial charge in [0.05, 0.1) is 10.7 Å². The highest BCUT2D eigenvalue weighted by Crippen LogP contribution is 2.16. The van der Waals surface area contributed by atoms with E-state index in [0.29, 0.717) is 18.7 Å². The van der Waals surface area contributed by atoms with E-state index in [0.717, 1.165) is 5.01 Å². The van der Waals surface area contributed by atoms with E-state index >= 15 is 0 Å². The quantitative estimate of drug-likeness (QED) is 0.675. The van der Waals surface area contributed by atoms with Crippen LogP contribution in [0.25, 0.3) is 0 Å². The maximum atomic E-state index is 11.7. The highest BCUT2D eigenvalue weighted by atomic mass is 32.1. The highest BCUT2D eigenvalue weighted by molar-refractivity contribution is 7.09. The zero-order valence-corrected chi connectivity index (χ0v) is 11.6. The minimum absolute atomic E-state index is 0.0300. The molecule has 2 aromatic heterocycles. The van der Waals surface area contributed by atoms with Crippen molar-refractivity contribution in [2.75, 3.05) is 11.9 Å². The van der Waals surface area contributed by atoms with Crippen LogP contribution in [0.2, 0.25) is 0 Å². The molecule has 0 fully saturated rings. The van der Waals surface area contributed by atoms with Gasteiger partial charge in [0.1, 0.15) is 5.69 Å². The Hall–Kier alpha value is -2.35. The predicted octanol–water partition coefficient (Wildman–Crippen LogP) is 1.84. The number of hydrogen-bond acceptors (Lipinski definition) is 4. The molecule has 4 N–H and O–H groups in total. The van der Waals surface area contributed by atoms with Crippen molar-refractivity contribution in [3.8, 4) is 0 Å². The number of aromatic nitrogens is 2. The average molecular weight is 294 g/mol. The summed E-state index contributed by atoms with van der Waals surface area (Å²) in [6.07, 6.45) is 2.35. The normalized spacial score (nSPS) is 10.2. The van der Waals surface area contributed by atoms with Gasteiger partial charge in [-0.15, -0.1) is 11.3 Å². The van der Waals surface area contributed by atoms with E-state index in [1.54, 1.807) is 19.2 Å². The van der Waals surface area contributed by atoms with E-state index in [9.17, 15) is 9.59 Å². The molecular formula is C12H14N4O3S. The third kappa shape index (κ3) is 3.58. The van der Waals surface area contributed by atoms with Gasteiger partial charge < -0.3 is 20.7 Å². The number of anilines is 1. The molecule has 2 amide bonds. The molecule has 20 heavy (non-hydrogen) atoms. The number of carboxylic acids is 1. The van der Waals surface area contributed by atoms with E-state index < -0.39 is 12.0 Å². The van der Waals surface area contributed by atoms with Crippen molar-refractivity contribution in [1.29, 1.82) is 0 Å². The van der Waals surface area contributed by atoms with Crippen molar-refractivity contribution in [3.05, 3.63) is 34.0 Å². The first-order chi connectivity index (χ1) is 9.56. The lowest BCUT2D eigenvalue weighted by atomic mass is 10.3. The van der Waals surface area contributed by atoms with Crippen molar-refractivity contribution in [2.45, 2.75) is 13.3 Å². The molecule has 0 aliphatic heterocycles. The van der Waals surface area contributed by atoms with Crippen LogP contribution in [0.1, 0.15) is 21.2 Å². The number of carbonyl (C=O) groups excluding carboxylic acids is 1. The van der Waals surface area contributed by atoms with Crippen LogP contribution in [-0.2, 0) is 6.42 Å². The summed E-state index contributed by atoms with van der Waals surface area (Å²) in [4.78, 5) is 29.4. The number of hydrogen-bond donors (Lipinski definition) is 4. The fourth-order valence-electron chi connectivity index (χ4n) is 1.68. The molecule has 2 rings (SSSR count). The summed E-state index contributed by atoms with van der Waals surface area (Å²) in [5.74, 6) is -1.11. The molecule has 0 aromatic carbocycles. The summed E-state index contributed by atoms with van der Waals surface area (Å²) in [7, 11) is 0. The van der Waals surface area contributed by atoms with Crippen LogP contribution >= 0.6 is 11.3 Å². The molecule has 0 bridgehead atoms. The Labute approximate surface area is 119 Å². The molecule has 0 atom stereocenters. The topological polar surface area (TPSA) is 107 Å². The van der Waals surface area contributed by atoms with E-state index in [4.69, 9.17) is 5.11 Å². The van der Waals surface area contributed by atoms with Crippen molar-refractivity contribution >= 4 is 29.0 Å². The van der Waals surface area contributed by atoms with Gasteiger partial charge in [-0.3, -0.25) is 0 Å². The molecule has 2 heterocycles. The monoisotopic (exact) mass is 294 g/mol. The zero-order valence-electron chi connectivity index (χ0n) is 10.8. The molecule has 0 unspecified atom stereocenters. The molecule has 7 nitrogen and oxygen atoms in total. The van der Waals surface area contributed by atoms with Crippen LogP contribution in [0.15, 0.2) is 17.6 Å². The Morgan fingerprint density at radius 3 is 2.95 bits per heavy atom. The van der Waals surface area contributed by atoms with Crippen LogP contribution in [-0.4, -0.2) is 33.6 Å². The van der Waals surface area contributed by atoms with Crippen molar-refractivity contribution in [3.63, 3.8) is 0 Å². The number of thiazole rings is 1. The van der Waals surface area contributed by atoms with Gasteiger partial charge in [-0.2, -0.15) is 0 Å². The molecule has 8 heteroatoms. The number of H-pyrrole nitrogens is 1. The SMILES string of the molecule is Cc1cc(NC(=O)NCCc2nccs2)c(C(=O)O)[nH]1.